The van der Waals surface area contributed by atoms with Gasteiger partial charge in [-0.2, -0.15) is 12.6 Å². The van der Waals surface area contributed by atoms with E-state index < -0.39 is 0 Å². The number of carbonyl (C=O) groups is 1. The molecule has 0 saturated heterocycles. The first kappa shape index (κ1) is 9.13. The third-order valence-corrected chi connectivity index (χ3v) is 1.76. The summed E-state index contributed by atoms with van der Waals surface area (Å²) in [6, 6.07) is 9.78. The number of carbonyl (C=O) groups excluding carboxylic acids is 1. The Morgan fingerprint density at radius 1 is 1.33 bits per heavy atom. The molecule has 12 heavy (non-hydrogen) atoms. The molecule has 0 aliphatic heterocycles. The van der Waals surface area contributed by atoms with Gasteiger partial charge in [-0.25, -0.2) is 0 Å². The molecule has 0 radical (unpaired) electrons. The van der Waals surface area contributed by atoms with Crippen LogP contribution in [0.1, 0.15) is 5.56 Å². The van der Waals surface area contributed by atoms with E-state index in [-0.39, 0.29) is 11.7 Å². The first-order valence-corrected chi connectivity index (χ1v) is 4.37. The topological polar surface area (TPSA) is 29.1 Å². The molecular weight excluding hydrogens is 170 g/mol. The van der Waals surface area contributed by atoms with Gasteiger partial charge in [0.25, 0.3) is 0 Å². The van der Waals surface area contributed by atoms with Crippen LogP contribution in [0.2, 0.25) is 0 Å². The summed E-state index contributed by atoms with van der Waals surface area (Å²) in [6.07, 6.45) is 0. The Bertz CT molecular complexity index is 248. The second-order valence-electron chi connectivity index (χ2n) is 2.42. The van der Waals surface area contributed by atoms with Gasteiger partial charge in [0.1, 0.15) is 0 Å². The van der Waals surface area contributed by atoms with Crippen LogP contribution in [-0.2, 0) is 11.3 Å². The molecule has 1 N–H and O–H groups in total. The lowest BCUT2D eigenvalue weighted by atomic mass is 10.2. The lowest BCUT2D eigenvalue weighted by Gasteiger charge is -2.01. The van der Waals surface area contributed by atoms with Gasteiger partial charge in [0.05, 0.1) is 5.75 Å². The molecule has 0 atom stereocenters. The van der Waals surface area contributed by atoms with Crippen LogP contribution in [0.5, 0.6) is 0 Å². The summed E-state index contributed by atoms with van der Waals surface area (Å²) in [5, 5.41) is 2.73. The highest BCUT2D eigenvalue weighted by Crippen LogP contribution is 1.96. The SMILES string of the molecule is O=C(CS)NCc1ccccc1. The molecule has 0 heterocycles. The molecule has 0 aromatic heterocycles. The van der Waals surface area contributed by atoms with Gasteiger partial charge >= 0.3 is 0 Å². The summed E-state index contributed by atoms with van der Waals surface area (Å²) in [5.41, 5.74) is 1.10. The minimum atomic E-state index is -0.0396. The molecule has 2 nitrogen and oxygen atoms in total. The molecule has 0 fully saturated rings. The van der Waals surface area contributed by atoms with Crippen molar-refractivity contribution in [1.82, 2.24) is 5.32 Å². The Hall–Kier alpha value is -0.960. The van der Waals surface area contributed by atoms with Gasteiger partial charge in [-0.15, -0.1) is 0 Å². The van der Waals surface area contributed by atoms with Gasteiger partial charge in [-0.1, -0.05) is 30.3 Å². The fourth-order valence-electron chi connectivity index (χ4n) is 0.852. The molecule has 0 aliphatic rings. The van der Waals surface area contributed by atoms with Crippen molar-refractivity contribution < 1.29 is 4.79 Å². The molecule has 1 aromatic carbocycles. The van der Waals surface area contributed by atoms with Crippen LogP contribution in [-0.4, -0.2) is 11.7 Å². The summed E-state index contributed by atoms with van der Waals surface area (Å²) < 4.78 is 0. The van der Waals surface area contributed by atoms with Crippen molar-refractivity contribution in [3.63, 3.8) is 0 Å². The Balaban J connectivity index is 2.38. The van der Waals surface area contributed by atoms with Crippen LogP contribution in [0, 0.1) is 0 Å². The zero-order chi connectivity index (χ0) is 8.81. The molecular formula is C9H11NOS. The molecule has 0 saturated carbocycles. The maximum absolute atomic E-state index is 10.8. The van der Waals surface area contributed by atoms with Gasteiger partial charge < -0.3 is 5.32 Å². The van der Waals surface area contributed by atoms with E-state index in [0.29, 0.717) is 6.54 Å². The number of amides is 1. The largest absolute Gasteiger partial charge is 0.351 e. The monoisotopic (exact) mass is 181 g/mol. The van der Waals surface area contributed by atoms with Crippen molar-refractivity contribution in [2.45, 2.75) is 6.54 Å². The summed E-state index contributed by atoms with van der Waals surface area (Å²) >= 11 is 3.85. The average Bonchev–Trinajstić information content (AvgIpc) is 2.16. The molecule has 0 spiro atoms. The standard InChI is InChI=1S/C9H11NOS/c11-9(7-12)10-6-8-4-2-1-3-5-8/h1-5,12H,6-7H2,(H,10,11). The number of benzene rings is 1. The predicted molar refractivity (Wildman–Crippen MR) is 52.1 cm³/mol. The van der Waals surface area contributed by atoms with Crippen molar-refractivity contribution in [3.05, 3.63) is 35.9 Å². The molecule has 1 amide bonds. The lowest BCUT2D eigenvalue weighted by molar-refractivity contribution is -0.118. The molecule has 0 unspecified atom stereocenters. The average molecular weight is 181 g/mol. The second kappa shape index (κ2) is 4.83. The number of rotatable bonds is 3. The molecule has 1 rings (SSSR count). The second-order valence-corrected chi connectivity index (χ2v) is 2.74. The maximum Gasteiger partial charge on any atom is 0.229 e. The van der Waals surface area contributed by atoms with Gasteiger partial charge in [0.15, 0.2) is 0 Å². The van der Waals surface area contributed by atoms with E-state index in [1.165, 1.54) is 0 Å². The minimum Gasteiger partial charge on any atom is -0.351 e. The third-order valence-electron chi connectivity index (χ3n) is 1.48. The van der Waals surface area contributed by atoms with Crippen LogP contribution < -0.4 is 5.32 Å². The predicted octanol–water partition coefficient (Wildman–Crippen LogP) is 1.23. The summed E-state index contributed by atoms with van der Waals surface area (Å²) in [7, 11) is 0. The lowest BCUT2D eigenvalue weighted by Crippen LogP contribution is -2.23. The van der Waals surface area contributed by atoms with E-state index >= 15 is 0 Å². The Kier molecular flexibility index (Phi) is 3.67. The summed E-state index contributed by atoms with van der Waals surface area (Å²) in [4.78, 5) is 10.8. The Labute approximate surface area is 77.4 Å². The van der Waals surface area contributed by atoms with E-state index in [4.69, 9.17) is 0 Å². The molecule has 1 aromatic rings. The minimum absolute atomic E-state index is 0.0396. The normalized spacial score (nSPS) is 9.42. The highest BCUT2D eigenvalue weighted by Gasteiger charge is 1.95. The zero-order valence-electron chi connectivity index (χ0n) is 6.66. The highest BCUT2D eigenvalue weighted by atomic mass is 32.1. The van der Waals surface area contributed by atoms with Gasteiger partial charge in [-0.05, 0) is 5.56 Å². The number of thiol groups is 1. The van der Waals surface area contributed by atoms with Crippen molar-refractivity contribution in [1.29, 1.82) is 0 Å². The highest BCUT2D eigenvalue weighted by molar-refractivity contribution is 7.81. The van der Waals surface area contributed by atoms with Gasteiger partial charge in [0, 0.05) is 6.54 Å². The van der Waals surface area contributed by atoms with E-state index in [1.807, 2.05) is 30.3 Å². The first-order chi connectivity index (χ1) is 5.83. The van der Waals surface area contributed by atoms with E-state index in [9.17, 15) is 4.79 Å². The van der Waals surface area contributed by atoms with Crippen LogP contribution in [0.4, 0.5) is 0 Å². The van der Waals surface area contributed by atoms with Crippen molar-refractivity contribution in [2.75, 3.05) is 5.75 Å². The third kappa shape index (κ3) is 2.96. The van der Waals surface area contributed by atoms with Gasteiger partial charge in [-0.3, -0.25) is 4.79 Å². The van der Waals surface area contributed by atoms with Gasteiger partial charge in [0.2, 0.25) is 5.91 Å². The smallest absolute Gasteiger partial charge is 0.229 e. The fourth-order valence-corrected chi connectivity index (χ4v) is 0.964. The van der Waals surface area contributed by atoms with E-state index in [1.54, 1.807) is 0 Å². The number of hydrogen-bond acceptors (Lipinski definition) is 2. The van der Waals surface area contributed by atoms with Crippen molar-refractivity contribution in [3.8, 4) is 0 Å². The summed E-state index contributed by atoms with van der Waals surface area (Å²) in [6.45, 7) is 0.584. The number of nitrogens with one attached hydrogen (secondary N) is 1. The Morgan fingerprint density at radius 3 is 2.58 bits per heavy atom. The Morgan fingerprint density at radius 2 is 2.00 bits per heavy atom. The van der Waals surface area contributed by atoms with E-state index in [2.05, 4.69) is 17.9 Å². The van der Waals surface area contributed by atoms with E-state index in [0.717, 1.165) is 5.56 Å². The molecule has 3 heteroatoms. The van der Waals surface area contributed by atoms with Crippen LogP contribution in [0.25, 0.3) is 0 Å². The maximum atomic E-state index is 10.8. The quantitative estimate of drug-likeness (QED) is 0.675. The number of hydrogen-bond donors (Lipinski definition) is 2. The zero-order valence-corrected chi connectivity index (χ0v) is 7.55. The van der Waals surface area contributed by atoms with Crippen LogP contribution >= 0.6 is 12.6 Å². The van der Waals surface area contributed by atoms with Crippen LogP contribution in [0.15, 0.2) is 30.3 Å². The van der Waals surface area contributed by atoms with Crippen LogP contribution in [0.3, 0.4) is 0 Å². The first-order valence-electron chi connectivity index (χ1n) is 3.74. The molecule has 64 valence electrons. The molecule has 0 aliphatic carbocycles. The van der Waals surface area contributed by atoms with Crippen molar-refractivity contribution >= 4 is 18.5 Å². The summed E-state index contributed by atoms with van der Waals surface area (Å²) in [5.74, 6) is 0.203. The van der Waals surface area contributed by atoms with Crippen molar-refractivity contribution in [2.24, 2.45) is 0 Å². The molecule has 0 bridgehead atoms. The fraction of sp³-hybridized carbons (Fsp3) is 0.222.